The van der Waals surface area contributed by atoms with Crippen molar-refractivity contribution in [2.24, 2.45) is 0 Å². The molecule has 0 saturated carbocycles. The standard InChI is InChI=1S/C20H18O2.C14H12O.4CH4/c1-11-5-6-14-15(7-11)12(2)8-19-20(14)16-10-17(21-4)13(3)9-18(16)22-19;1-9-3-5-11-12-6-4-10(2)8-14(12)15-13(11)7-9;;;;/h5-10H,1-4H3;3-8H,1-2H3;4*1H4. The Hall–Kier alpha value is -4.24. The number of benzene rings is 5. The van der Waals surface area contributed by atoms with Crippen LogP contribution in [0.4, 0.5) is 0 Å². The van der Waals surface area contributed by atoms with E-state index in [9.17, 15) is 0 Å². The zero-order valence-corrected chi connectivity index (χ0v) is 22.2. The van der Waals surface area contributed by atoms with Gasteiger partial charge in [-0.1, -0.05) is 77.7 Å². The summed E-state index contributed by atoms with van der Waals surface area (Å²) in [6.07, 6.45) is 0. The van der Waals surface area contributed by atoms with Gasteiger partial charge in [0, 0.05) is 21.5 Å². The van der Waals surface area contributed by atoms with Crippen molar-refractivity contribution in [2.75, 3.05) is 7.11 Å². The number of rotatable bonds is 1. The van der Waals surface area contributed by atoms with Crippen LogP contribution in [-0.4, -0.2) is 7.11 Å². The first-order valence-corrected chi connectivity index (χ1v) is 12.6. The fourth-order valence-corrected chi connectivity index (χ4v) is 5.31. The summed E-state index contributed by atoms with van der Waals surface area (Å²) >= 11 is 0. The molecule has 0 atom stereocenters. The molecule has 2 heterocycles. The van der Waals surface area contributed by atoms with Crippen molar-refractivity contribution < 1.29 is 13.6 Å². The van der Waals surface area contributed by atoms with E-state index in [1.807, 2.05) is 6.92 Å². The van der Waals surface area contributed by atoms with Crippen LogP contribution in [0, 0.1) is 34.6 Å². The van der Waals surface area contributed by atoms with Gasteiger partial charge >= 0.3 is 0 Å². The van der Waals surface area contributed by atoms with Crippen LogP contribution < -0.4 is 4.74 Å². The largest absolute Gasteiger partial charge is 0.496 e. The van der Waals surface area contributed by atoms with Gasteiger partial charge in [0.05, 0.1) is 7.11 Å². The number of aryl methyl sites for hydroxylation is 5. The van der Waals surface area contributed by atoms with Gasteiger partial charge in [-0.2, -0.15) is 0 Å². The minimum Gasteiger partial charge on any atom is -0.496 e. The Balaban J connectivity index is 0.000000276. The summed E-state index contributed by atoms with van der Waals surface area (Å²) < 4.78 is 17.4. The molecule has 216 valence electrons. The molecule has 0 aliphatic carbocycles. The van der Waals surface area contributed by atoms with Gasteiger partial charge in [-0.3, -0.25) is 0 Å². The minimum atomic E-state index is 0. The molecule has 0 radical (unpaired) electrons. The van der Waals surface area contributed by atoms with E-state index >= 15 is 0 Å². The topological polar surface area (TPSA) is 35.5 Å². The minimum absolute atomic E-state index is 0. The molecule has 41 heavy (non-hydrogen) atoms. The lowest BCUT2D eigenvalue weighted by atomic mass is 9.98. The van der Waals surface area contributed by atoms with E-state index < -0.39 is 0 Å². The Morgan fingerprint density at radius 2 is 0.902 bits per heavy atom. The van der Waals surface area contributed by atoms with Crippen molar-refractivity contribution in [3.8, 4) is 5.75 Å². The average molecular weight is 551 g/mol. The number of fused-ring (bicyclic) bond motifs is 8. The van der Waals surface area contributed by atoms with E-state index in [4.69, 9.17) is 13.6 Å². The molecule has 2 aromatic heterocycles. The number of methoxy groups -OCH3 is 1. The molecule has 0 aliphatic heterocycles. The highest BCUT2D eigenvalue weighted by atomic mass is 16.5. The van der Waals surface area contributed by atoms with E-state index in [0.29, 0.717) is 0 Å². The third-order valence-corrected chi connectivity index (χ3v) is 7.23. The van der Waals surface area contributed by atoms with Crippen LogP contribution in [0.2, 0.25) is 0 Å². The van der Waals surface area contributed by atoms with Gasteiger partial charge < -0.3 is 13.6 Å². The highest BCUT2D eigenvalue weighted by Crippen LogP contribution is 2.39. The monoisotopic (exact) mass is 550 g/mol. The Labute approximate surface area is 245 Å². The molecule has 0 saturated heterocycles. The third-order valence-electron chi connectivity index (χ3n) is 7.23. The Bertz CT molecular complexity index is 1910. The van der Waals surface area contributed by atoms with Crippen molar-refractivity contribution in [1.29, 1.82) is 0 Å². The molecule has 0 N–H and O–H groups in total. The lowest BCUT2D eigenvalue weighted by Gasteiger charge is -2.06. The smallest absolute Gasteiger partial charge is 0.136 e. The maximum Gasteiger partial charge on any atom is 0.136 e. The molecule has 0 bridgehead atoms. The SMILES string of the molecule is C.C.C.C.COc1cc2c(cc1C)oc1cc(C)c3cc(C)ccc3c12.Cc1ccc2c(c1)oc1cc(C)ccc12. The summed E-state index contributed by atoms with van der Waals surface area (Å²) in [5, 5.41) is 7.23. The zero-order chi connectivity index (χ0) is 25.8. The van der Waals surface area contributed by atoms with Crippen molar-refractivity contribution in [3.63, 3.8) is 0 Å². The van der Waals surface area contributed by atoms with Crippen LogP contribution in [0.5, 0.6) is 5.75 Å². The van der Waals surface area contributed by atoms with Crippen molar-refractivity contribution in [1.82, 2.24) is 0 Å². The second kappa shape index (κ2) is 12.5. The number of hydrogen-bond acceptors (Lipinski definition) is 3. The Morgan fingerprint density at radius 3 is 1.46 bits per heavy atom. The van der Waals surface area contributed by atoms with E-state index in [1.165, 1.54) is 49.2 Å². The molecule has 0 spiro atoms. The Morgan fingerprint density at radius 1 is 0.439 bits per heavy atom. The van der Waals surface area contributed by atoms with Gasteiger partial charge in [0.15, 0.2) is 0 Å². The first kappa shape index (κ1) is 33.0. The van der Waals surface area contributed by atoms with Crippen molar-refractivity contribution >= 4 is 54.6 Å². The number of ether oxygens (including phenoxy) is 1. The van der Waals surface area contributed by atoms with E-state index in [0.717, 1.165) is 39.0 Å². The second-order valence-electron chi connectivity index (χ2n) is 10.1. The number of hydrogen-bond donors (Lipinski definition) is 0. The third kappa shape index (κ3) is 5.67. The van der Waals surface area contributed by atoms with Gasteiger partial charge in [-0.25, -0.2) is 0 Å². The highest BCUT2D eigenvalue weighted by molar-refractivity contribution is 6.20. The van der Waals surface area contributed by atoms with Crippen LogP contribution in [0.1, 0.15) is 57.5 Å². The van der Waals surface area contributed by atoms with Gasteiger partial charge in [0.25, 0.3) is 0 Å². The molecule has 0 amide bonds. The van der Waals surface area contributed by atoms with Crippen molar-refractivity contribution in [3.05, 3.63) is 101 Å². The fraction of sp³-hybridized carbons (Fsp3) is 0.263. The molecule has 7 rings (SSSR count). The summed E-state index contributed by atoms with van der Waals surface area (Å²) in [5.74, 6) is 0.899. The Kier molecular flexibility index (Phi) is 10.1. The van der Waals surface area contributed by atoms with Crippen LogP contribution >= 0.6 is 0 Å². The molecular weight excluding hydrogens is 504 g/mol. The van der Waals surface area contributed by atoms with Crippen LogP contribution in [-0.2, 0) is 0 Å². The normalized spacial score (nSPS) is 10.4. The summed E-state index contributed by atoms with van der Waals surface area (Å²) in [7, 11) is 1.71. The molecule has 3 heteroatoms. The molecule has 7 aromatic rings. The molecule has 0 fully saturated rings. The quantitative estimate of drug-likeness (QED) is 0.204. The van der Waals surface area contributed by atoms with Gasteiger partial charge in [-0.15, -0.1) is 0 Å². The predicted octanol–water partition coefficient (Wildman–Crippen LogP) is 12.4. The van der Waals surface area contributed by atoms with Gasteiger partial charge in [0.1, 0.15) is 28.1 Å². The number of furan rings is 2. The predicted molar refractivity (Wildman–Crippen MR) is 182 cm³/mol. The second-order valence-corrected chi connectivity index (χ2v) is 10.1. The molecule has 5 aromatic carbocycles. The summed E-state index contributed by atoms with van der Waals surface area (Å²) in [4.78, 5) is 0. The summed E-state index contributed by atoms with van der Waals surface area (Å²) in [6, 6.07) is 25.6. The average Bonchev–Trinajstić information content (AvgIpc) is 3.39. The molecule has 0 unspecified atom stereocenters. The van der Waals surface area contributed by atoms with Crippen molar-refractivity contribution in [2.45, 2.75) is 64.3 Å². The first-order chi connectivity index (χ1) is 17.8. The molecule has 0 aliphatic rings. The lowest BCUT2D eigenvalue weighted by molar-refractivity contribution is 0.412. The molecule has 3 nitrogen and oxygen atoms in total. The first-order valence-electron chi connectivity index (χ1n) is 12.6. The maximum atomic E-state index is 6.10. The van der Waals surface area contributed by atoms with E-state index in [1.54, 1.807) is 7.11 Å². The van der Waals surface area contributed by atoms with E-state index in [2.05, 4.69) is 100 Å². The summed E-state index contributed by atoms with van der Waals surface area (Å²) in [5.41, 5.74) is 9.90. The van der Waals surface area contributed by atoms with Crippen LogP contribution in [0.3, 0.4) is 0 Å². The fourth-order valence-electron chi connectivity index (χ4n) is 5.31. The van der Waals surface area contributed by atoms with Gasteiger partial charge in [-0.05, 0) is 98.0 Å². The maximum absolute atomic E-state index is 6.10. The van der Waals surface area contributed by atoms with E-state index in [-0.39, 0.29) is 29.7 Å². The molecular formula is C38H46O3. The van der Waals surface area contributed by atoms with Gasteiger partial charge in [0.2, 0.25) is 0 Å². The highest BCUT2D eigenvalue weighted by Gasteiger charge is 2.14. The van der Waals surface area contributed by atoms with Crippen LogP contribution in [0.25, 0.3) is 54.6 Å². The van der Waals surface area contributed by atoms with Crippen LogP contribution in [0.15, 0.2) is 81.6 Å². The lowest BCUT2D eigenvalue weighted by Crippen LogP contribution is -1.86. The summed E-state index contributed by atoms with van der Waals surface area (Å²) in [6.45, 7) is 10.5. The zero-order valence-electron chi connectivity index (χ0n) is 22.2.